The summed E-state index contributed by atoms with van der Waals surface area (Å²) in [6.07, 6.45) is 5.15. The van der Waals surface area contributed by atoms with Gasteiger partial charge in [0.1, 0.15) is 10.5 Å². The minimum atomic E-state index is -0.224. The van der Waals surface area contributed by atoms with Crippen molar-refractivity contribution in [3.8, 4) is 0 Å². The van der Waals surface area contributed by atoms with Gasteiger partial charge in [0.15, 0.2) is 0 Å². The molecule has 1 saturated heterocycles. The Kier molecular flexibility index (Phi) is 5.51. The van der Waals surface area contributed by atoms with Crippen LogP contribution in [0.2, 0.25) is 0 Å². The van der Waals surface area contributed by atoms with Crippen LogP contribution in [-0.2, 0) is 4.84 Å². The van der Waals surface area contributed by atoms with Gasteiger partial charge in [-0.3, -0.25) is 0 Å². The van der Waals surface area contributed by atoms with E-state index < -0.39 is 0 Å². The number of hydrogen-bond donors (Lipinski definition) is 0. The summed E-state index contributed by atoms with van der Waals surface area (Å²) in [5, 5.41) is 4.06. The van der Waals surface area contributed by atoms with E-state index in [0.717, 1.165) is 47.0 Å². The average Bonchev–Trinajstić information content (AvgIpc) is 3.36. The Morgan fingerprint density at radius 3 is 2.44 bits per heavy atom. The highest BCUT2D eigenvalue weighted by Gasteiger charge is 2.18. The van der Waals surface area contributed by atoms with Gasteiger partial charge in [-0.1, -0.05) is 42.8 Å². The number of carbonyl (C=O) groups excluding carboxylic acids is 1. The average molecular weight is 379 g/mol. The van der Waals surface area contributed by atoms with Crippen molar-refractivity contribution in [2.24, 2.45) is 0 Å². The van der Waals surface area contributed by atoms with Gasteiger partial charge < -0.3 is 9.25 Å². The summed E-state index contributed by atoms with van der Waals surface area (Å²) in [5.41, 5.74) is 0.956. The maximum atomic E-state index is 12.0. The lowest BCUT2D eigenvalue weighted by Gasteiger charge is -2.24. The molecule has 138 valence electrons. The smallest absolute Gasteiger partial charge is 0.367 e. The van der Waals surface area contributed by atoms with Crippen LogP contribution in [0.1, 0.15) is 28.9 Å². The van der Waals surface area contributed by atoms with Crippen molar-refractivity contribution in [3.05, 3.63) is 71.8 Å². The zero-order chi connectivity index (χ0) is 18.5. The number of thiophene rings is 1. The summed E-state index contributed by atoms with van der Waals surface area (Å²) in [4.78, 5) is 18.1. The van der Waals surface area contributed by atoms with E-state index in [1.807, 2.05) is 60.7 Å². The molecule has 0 N–H and O–H groups in total. The van der Waals surface area contributed by atoms with Crippen LogP contribution in [0.3, 0.4) is 0 Å². The van der Waals surface area contributed by atoms with Crippen LogP contribution in [0, 0.1) is 0 Å². The van der Waals surface area contributed by atoms with E-state index in [1.54, 1.807) is 11.3 Å². The second kappa shape index (κ2) is 8.37. The van der Waals surface area contributed by atoms with E-state index in [2.05, 4.69) is 0 Å². The third-order valence-electron chi connectivity index (χ3n) is 4.52. The normalized spacial score (nSPS) is 14.7. The molecule has 0 spiro atoms. The Morgan fingerprint density at radius 2 is 1.67 bits per heavy atom. The highest BCUT2D eigenvalue weighted by atomic mass is 32.1. The molecule has 5 heteroatoms. The summed E-state index contributed by atoms with van der Waals surface area (Å²) in [6, 6.07) is 19.8. The third-order valence-corrected chi connectivity index (χ3v) is 5.61. The van der Waals surface area contributed by atoms with Crippen molar-refractivity contribution in [3.63, 3.8) is 0 Å². The highest BCUT2D eigenvalue weighted by molar-refractivity contribution is 7.20. The van der Waals surface area contributed by atoms with Gasteiger partial charge in [0.25, 0.3) is 0 Å². The van der Waals surface area contributed by atoms with Crippen molar-refractivity contribution in [1.29, 1.82) is 0 Å². The Hall–Kier alpha value is -2.63. The molecule has 3 heterocycles. The first-order valence-electron chi connectivity index (χ1n) is 9.18. The van der Waals surface area contributed by atoms with Gasteiger partial charge in [-0.2, -0.15) is 0 Å². The maximum Gasteiger partial charge on any atom is 0.367 e. The van der Waals surface area contributed by atoms with Crippen molar-refractivity contribution in [2.45, 2.75) is 19.3 Å². The Bertz CT molecular complexity index is 967. The number of rotatable bonds is 2. The fourth-order valence-corrected chi connectivity index (χ4v) is 4.04. The van der Waals surface area contributed by atoms with Crippen LogP contribution in [-0.4, -0.2) is 24.1 Å². The van der Waals surface area contributed by atoms with Crippen molar-refractivity contribution < 1.29 is 14.0 Å². The standard InChI is InChI=1S/C14H15NO2S.C8H6O/c16-14(17-15-8-4-1-5-9-15)13-10-11-6-2-3-7-12(11)18-13;1-2-4-8-7(3-1)5-6-9-8/h2-3,6-7,10H,1,4-5,8-9H2;1-6H. The predicted molar refractivity (Wildman–Crippen MR) is 109 cm³/mol. The van der Waals surface area contributed by atoms with Gasteiger partial charge in [-0.05, 0) is 42.5 Å². The molecule has 1 aliphatic rings. The zero-order valence-corrected chi connectivity index (χ0v) is 15.8. The first kappa shape index (κ1) is 17.8. The van der Waals surface area contributed by atoms with E-state index in [4.69, 9.17) is 9.25 Å². The molecule has 0 saturated carbocycles. The monoisotopic (exact) mass is 379 g/mol. The summed E-state index contributed by atoms with van der Waals surface area (Å²) in [5.74, 6) is -0.224. The number of nitrogens with zero attached hydrogens (tertiary/aromatic N) is 1. The molecule has 2 aromatic carbocycles. The van der Waals surface area contributed by atoms with Gasteiger partial charge in [-0.25, -0.2) is 4.79 Å². The Labute approximate surface area is 161 Å². The van der Waals surface area contributed by atoms with Crippen LogP contribution in [0.4, 0.5) is 0 Å². The predicted octanol–water partition coefficient (Wildman–Crippen LogP) is 5.89. The second-order valence-corrected chi connectivity index (χ2v) is 7.56. The van der Waals surface area contributed by atoms with Crippen LogP contribution in [0.25, 0.3) is 21.1 Å². The number of para-hydroxylation sites is 1. The summed E-state index contributed by atoms with van der Waals surface area (Å²) >= 11 is 1.49. The molecule has 1 aliphatic heterocycles. The minimum absolute atomic E-state index is 0.224. The second-order valence-electron chi connectivity index (χ2n) is 6.48. The van der Waals surface area contributed by atoms with Gasteiger partial charge in [0, 0.05) is 23.2 Å². The van der Waals surface area contributed by atoms with Gasteiger partial charge >= 0.3 is 5.97 Å². The maximum absolute atomic E-state index is 12.0. The fraction of sp³-hybridized carbons (Fsp3) is 0.227. The molecule has 0 atom stereocenters. The number of piperidine rings is 1. The van der Waals surface area contributed by atoms with Crippen molar-refractivity contribution in [2.75, 3.05) is 13.1 Å². The Balaban J connectivity index is 0.000000167. The molecule has 0 radical (unpaired) electrons. The fourth-order valence-electron chi connectivity index (χ4n) is 3.11. The highest BCUT2D eigenvalue weighted by Crippen LogP contribution is 2.26. The van der Waals surface area contributed by atoms with Crippen LogP contribution in [0.15, 0.2) is 71.3 Å². The lowest BCUT2D eigenvalue weighted by atomic mass is 10.2. The largest absolute Gasteiger partial charge is 0.464 e. The van der Waals surface area contributed by atoms with Gasteiger partial charge in [-0.15, -0.1) is 16.4 Å². The number of carbonyl (C=O) groups is 1. The van der Waals surface area contributed by atoms with Crippen LogP contribution < -0.4 is 0 Å². The van der Waals surface area contributed by atoms with Crippen LogP contribution >= 0.6 is 11.3 Å². The number of hydrogen-bond acceptors (Lipinski definition) is 5. The van der Waals surface area contributed by atoms with E-state index in [0.29, 0.717) is 4.88 Å². The van der Waals surface area contributed by atoms with E-state index in [9.17, 15) is 4.79 Å². The molecule has 4 aromatic rings. The molecule has 1 fully saturated rings. The first-order valence-corrected chi connectivity index (χ1v) is 9.99. The molecule has 5 rings (SSSR count). The molecule has 0 bridgehead atoms. The molecule has 27 heavy (non-hydrogen) atoms. The number of furan rings is 1. The number of hydroxylamine groups is 2. The molecule has 0 unspecified atom stereocenters. The lowest BCUT2D eigenvalue weighted by Crippen LogP contribution is -2.32. The molecule has 0 aliphatic carbocycles. The third kappa shape index (κ3) is 4.38. The first-order chi connectivity index (χ1) is 13.3. The summed E-state index contributed by atoms with van der Waals surface area (Å²) in [7, 11) is 0. The summed E-state index contributed by atoms with van der Waals surface area (Å²) in [6.45, 7) is 1.72. The molecule has 2 aromatic heterocycles. The molecule has 4 nitrogen and oxygen atoms in total. The van der Waals surface area contributed by atoms with E-state index in [-0.39, 0.29) is 5.97 Å². The molecular weight excluding hydrogens is 358 g/mol. The molecule has 0 amide bonds. The number of benzene rings is 2. The molecular formula is C22H21NO3S. The minimum Gasteiger partial charge on any atom is -0.464 e. The van der Waals surface area contributed by atoms with Gasteiger partial charge in [0.05, 0.1) is 6.26 Å². The van der Waals surface area contributed by atoms with Crippen LogP contribution in [0.5, 0.6) is 0 Å². The zero-order valence-electron chi connectivity index (χ0n) is 15.0. The van der Waals surface area contributed by atoms with Crippen molar-refractivity contribution in [1.82, 2.24) is 5.06 Å². The quantitative estimate of drug-likeness (QED) is 0.435. The lowest BCUT2D eigenvalue weighted by molar-refractivity contribution is -0.119. The van der Waals surface area contributed by atoms with E-state index in [1.165, 1.54) is 17.8 Å². The number of fused-ring (bicyclic) bond motifs is 2. The summed E-state index contributed by atoms with van der Waals surface area (Å²) < 4.78 is 6.25. The van der Waals surface area contributed by atoms with Gasteiger partial charge in [0.2, 0.25) is 0 Å². The van der Waals surface area contributed by atoms with Crippen molar-refractivity contribution >= 4 is 38.4 Å². The van der Waals surface area contributed by atoms with E-state index >= 15 is 0 Å². The Morgan fingerprint density at radius 1 is 0.926 bits per heavy atom. The topological polar surface area (TPSA) is 42.7 Å². The SMILES string of the molecule is O=C(ON1CCCCC1)c1cc2ccccc2s1.c1ccc2occc2c1.